The summed E-state index contributed by atoms with van der Waals surface area (Å²) in [6.45, 7) is 7.65. The summed E-state index contributed by atoms with van der Waals surface area (Å²) in [5.41, 5.74) is 1.81. The number of fused-ring (bicyclic) bond motifs is 5. The minimum absolute atomic E-state index is 0.0474. The van der Waals surface area contributed by atoms with Crippen LogP contribution in [0.25, 0.3) is 0 Å². The van der Waals surface area contributed by atoms with Gasteiger partial charge in [-0.25, -0.2) is 0 Å². The molecule has 1 N–H and O–H groups in total. The van der Waals surface area contributed by atoms with Crippen molar-refractivity contribution in [3.63, 3.8) is 0 Å². The number of benzene rings is 1. The Balaban J connectivity index is 1.26. The van der Waals surface area contributed by atoms with Crippen LogP contribution in [0.2, 0.25) is 0 Å². The molecule has 0 amide bonds. The smallest absolute Gasteiger partial charge is 0.162 e. The van der Waals surface area contributed by atoms with Crippen molar-refractivity contribution in [1.29, 1.82) is 0 Å². The molecule has 0 spiro atoms. The van der Waals surface area contributed by atoms with E-state index in [9.17, 15) is 9.90 Å². The van der Waals surface area contributed by atoms with Crippen LogP contribution in [0.1, 0.15) is 102 Å². The highest BCUT2D eigenvalue weighted by Crippen LogP contribution is 2.68. The molecule has 2 nitrogen and oxygen atoms in total. The van der Waals surface area contributed by atoms with Gasteiger partial charge in [0.15, 0.2) is 5.78 Å². The van der Waals surface area contributed by atoms with Crippen molar-refractivity contribution in [3.8, 4) is 0 Å². The van der Waals surface area contributed by atoms with E-state index in [0.717, 1.165) is 54.4 Å². The molecule has 9 atom stereocenters. The van der Waals surface area contributed by atoms with E-state index in [1.165, 1.54) is 44.9 Å². The number of carbonyl (C=O) groups excluding carboxylic acids is 1. The van der Waals surface area contributed by atoms with Gasteiger partial charge in [-0.15, -0.1) is 0 Å². The van der Waals surface area contributed by atoms with Gasteiger partial charge in [0.25, 0.3) is 0 Å². The van der Waals surface area contributed by atoms with E-state index in [4.69, 9.17) is 0 Å². The number of aliphatic hydroxyl groups is 1. The lowest BCUT2D eigenvalue weighted by Gasteiger charge is -2.61. The lowest BCUT2D eigenvalue weighted by atomic mass is 9.44. The Hall–Kier alpha value is -1.15. The molecule has 0 radical (unpaired) electrons. The van der Waals surface area contributed by atoms with Crippen LogP contribution in [0.15, 0.2) is 30.3 Å². The number of aliphatic hydroxyl groups excluding tert-OH is 1. The maximum Gasteiger partial charge on any atom is 0.162 e. The van der Waals surface area contributed by atoms with Gasteiger partial charge in [-0.1, -0.05) is 51.1 Å². The Morgan fingerprint density at radius 1 is 0.969 bits per heavy atom. The fourth-order valence-corrected chi connectivity index (χ4v) is 9.54. The lowest BCUT2D eigenvalue weighted by Crippen LogP contribution is -2.54. The van der Waals surface area contributed by atoms with Crippen molar-refractivity contribution in [2.75, 3.05) is 0 Å². The molecule has 32 heavy (non-hydrogen) atoms. The second-order valence-electron chi connectivity index (χ2n) is 12.6. The fourth-order valence-electron chi connectivity index (χ4n) is 9.54. The van der Waals surface area contributed by atoms with Crippen LogP contribution in [-0.2, 0) is 0 Å². The first-order valence-corrected chi connectivity index (χ1v) is 13.6. The number of ketones is 1. The number of rotatable bonds is 5. The van der Waals surface area contributed by atoms with Crippen LogP contribution in [0.4, 0.5) is 0 Å². The van der Waals surface area contributed by atoms with Crippen LogP contribution in [0.5, 0.6) is 0 Å². The molecular formula is C30H44O2. The average Bonchev–Trinajstić information content (AvgIpc) is 3.15. The first kappa shape index (κ1) is 22.6. The molecule has 0 bridgehead atoms. The molecule has 0 aromatic heterocycles. The molecule has 2 heteroatoms. The second-order valence-corrected chi connectivity index (χ2v) is 12.6. The number of hydrogen-bond donors (Lipinski definition) is 1. The van der Waals surface area contributed by atoms with E-state index in [2.05, 4.69) is 20.8 Å². The molecule has 5 rings (SSSR count). The standard InChI is InChI=1S/C30H44O2/c1-20(9-14-28(32)21-7-5-4-6-8-21)25-12-13-26-24-11-10-22-19-23(31)15-17-29(22,2)27(24)16-18-30(25,26)3/h4-8,20,22-27,31H,9-19H2,1-3H3/t20-,22-,23-,24+,25+,26-,27-,29+,30-/m1/s1. The summed E-state index contributed by atoms with van der Waals surface area (Å²) < 4.78 is 0. The van der Waals surface area contributed by atoms with E-state index in [1.54, 1.807) is 0 Å². The topological polar surface area (TPSA) is 37.3 Å². The summed E-state index contributed by atoms with van der Waals surface area (Å²) in [5, 5.41) is 10.3. The van der Waals surface area contributed by atoms with Gasteiger partial charge in [0.1, 0.15) is 0 Å². The predicted octanol–water partition coefficient (Wildman–Crippen LogP) is 7.31. The SMILES string of the molecule is C[C@H](CCC(=O)c1ccccc1)[C@@H]1CC[C@@H]2[C@@H]3CC[C@@H]4C[C@H](O)CC[C@]4(C)[C@@H]3CC[C@@]21C. The van der Waals surface area contributed by atoms with Crippen molar-refractivity contribution in [3.05, 3.63) is 35.9 Å². The first-order chi connectivity index (χ1) is 15.3. The Labute approximate surface area is 195 Å². The monoisotopic (exact) mass is 436 g/mol. The van der Waals surface area contributed by atoms with Gasteiger partial charge in [0.05, 0.1) is 6.10 Å². The van der Waals surface area contributed by atoms with Gasteiger partial charge in [0, 0.05) is 12.0 Å². The summed E-state index contributed by atoms with van der Waals surface area (Å²) in [5.74, 6) is 5.11. The molecule has 1 aromatic rings. The number of carbonyl (C=O) groups is 1. The summed E-state index contributed by atoms with van der Waals surface area (Å²) in [6, 6.07) is 9.85. The first-order valence-electron chi connectivity index (χ1n) is 13.6. The second kappa shape index (κ2) is 8.57. The Morgan fingerprint density at radius 3 is 2.47 bits per heavy atom. The molecule has 4 saturated carbocycles. The van der Waals surface area contributed by atoms with Gasteiger partial charge in [-0.05, 0) is 111 Å². The highest BCUT2D eigenvalue weighted by molar-refractivity contribution is 5.95. The van der Waals surface area contributed by atoms with Crippen molar-refractivity contribution in [2.24, 2.45) is 46.3 Å². The number of hydrogen-bond acceptors (Lipinski definition) is 2. The minimum atomic E-state index is -0.0474. The van der Waals surface area contributed by atoms with Crippen LogP contribution >= 0.6 is 0 Å². The molecular weight excluding hydrogens is 392 g/mol. The summed E-state index contributed by atoms with van der Waals surface area (Å²) >= 11 is 0. The number of Topliss-reactive ketones (excluding diaryl/α,β-unsaturated/α-hetero) is 1. The molecule has 0 heterocycles. The van der Waals surface area contributed by atoms with Crippen molar-refractivity contribution < 1.29 is 9.90 Å². The lowest BCUT2D eigenvalue weighted by molar-refractivity contribution is -0.129. The summed E-state index contributed by atoms with van der Waals surface area (Å²) in [4.78, 5) is 12.7. The van der Waals surface area contributed by atoms with E-state index >= 15 is 0 Å². The summed E-state index contributed by atoms with van der Waals surface area (Å²) in [6.07, 6.45) is 13.3. The molecule has 4 fully saturated rings. The molecule has 0 aliphatic heterocycles. The highest BCUT2D eigenvalue weighted by Gasteiger charge is 2.60. The van der Waals surface area contributed by atoms with E-state index in [-0.39, 0.29) is 6.10 Å². The highest BCUT2D eigenvalue weighted by atomic mass is 16.3. The third-order valence-electron chi connectivity index (χ3n) is 11.3. The van der Waals surface area contributed by atoms with Crippen LogP contribution in [0.3, 0.4) is 0 Å². The minimum Gasteiger partial charge on any atom is -0.393 e. The van der Waals surface area contributed by atoms with Gasteiger partial charge in [-0.3, -0.25) is 4.79 Å². The van der Waals surface area contributed by atoms with Crippen LogP contribution in [-0.4, -0.2) is 17.0 Å². The van der Waals surface area contributed by atoms with Crippen molar-refractivity contribution in [1.82, 2.24) is 0 Å². The third-order valence-corrected chi connectivity index (χ3v) is 11.3. The Morgan fingerprint density at radius 2 is 1.69 bits per heavy atom. The quantitative estimate of drug-likeness (QED) is 0.491. The Bertz CT molecular complexity index is 817. The fraction of sp³-hybridized carbons (Fsp3) is 0.767. The third kappa shape index (κ3) is 3.69. The maximum absolute atomic E-state index is 12.7. The predicted molar refractivity (Wildman–Crippen MR) is 130 cm³/mol. The molecule has 0 saturated heterocycles. The summed E-state index contributed by atoms with van der Waals surface area (Å²) in [7, 11) is 0. The van der Waals surface area contributed by atoms with Gasteiger partial charge in [0.2, 0.25) is 0 Å². The van der Waals surface area contributed by atoms with Crippen molar-refractivity contribution in [2.45, 2.75) is 97.5 Å². The van der Waals surface area contributed by atoms with Crippen LogP contribution in [0, 0.1) is 46.3 Å². The Kier molecular flexibility index (Phi) is 6.06. The van der Waals surface area contributed by atoms with E-state index in [1.807, 2.05) is 30.3 Å². The van der Waals surface area contributed by atoms with Gasteiger partial charge >= 0.3 is 0 Å². The zero-order valence-corrected chi connectivity index (χ0v) is 20.6. The zero-order valence-electron chi connectivity index (χ0n) is 20.6. The van der Waals surface area contributed by atoms with E-state index in [0.29, 0.717) is 29.0 Å². The van der Waals surface area contributed by atoms with Gasteiger partial charge in [-0.2, -0.15) is 0 Å². The molecule has 4 aliphatic carbocycles. The molecule has 1 aromatic carbocycles. The normalized spacial score (nSPS) is 44.2. The molecule has 0 unspecified atom stereocenters. The largest absolute Gasteiger partial charge is 0.393 e. The van der Waals surface area contributed by atoms with E-state index < -0.39 is 0 Å². The van der Waals surface area contributed by atoms with Crippen LogP contribution < -0.4 is 0 Å². The zero-order chi connectivity index (χ0) is 22.5. The average molecular weight is 437 g/mol. The van der Waals surface area contributed by atoms with Gasteiger partial charge < -0.3 is 5.11 Å². The maximum atomic E-state index is 12.7. The molecule has 176 valence electrons. The molecule has 4 aliphatic rings. The van der Waals surface area contributed by atoms with Crippen molar-refractivity contribution >= 4 is 5.78 Å².